The van der Waals surface area contributed by atoms with Crippen LogP contribution < -0.4 is 0 Å². The molecule has 0 aliphatic rings. The maximum atomic E-state index is 9.21. The largest absolute Gasteiger partial charge is 0.504 e. The fraction of sp³-hybridized carbons (Fsp3) is 0.143. The Kier molecular flexibility index (Phi) is 2.61. The van der Waals surface area contributed by atoms with Gasteiger partial charge in [-0.3, -0.25) is 0 Å². The van der Waals surface area contributed by atoms with Gasteiger partial charge >= 0.3 is 0 Å². The van der Waals surface area contributed by atoms with E-state index in [0.717, 1.165) is 0 Å². The summed E-state index contributed by atoms with van der Waals surface area (Å²) < 4.78 is 0. The second-order valence-corrected chi connectivity index (χ2v) is 3.40. The van der Waals surface area contributed by atoms with Crippen LogP contribution in [0.15, 0.2) is 0 Å². The molecule has 1 aromatic carbocycles. The predicted molar refractivity (Wildman–Crippen MR) is 49.5 cm³/mol. The number of phenols is 2. The van der Waals surface area contributed by atoms with Crippen molar-refractivity contribution in [1.82, 2.24) is 0 Å². The van der Waals surface area contributed by atoms with E-state index in [1.54, 1.807) is 0 Å². The number of rotatable bonds is 0. The Morgan fingerprint density at radius 2 is 1.33 bits per heavy atom. The van der Waals surface area contributed by atoms with Crippen molar-refractivity contribution in [2.75, 3.05) is 0 Å². The topological polar surface area (TPSA) is 40.5 Å². The first-order valence-electron chi connectivity index (χ1n) is 3.01. The summed E-state index contributed by atoms with van der Waals surface area (Å²) in [5, 5.41) is 18.4. The van der Waals surface area contributed by atoms with Crippen molar-refractivity contribution in [1.29, 1.82) is 0 Å². The lowest BCUT2D eigenvalue weighted by Gasteiger charge is -2.07. The van der Waals surface area contributed by atoms with Crippen LogP contribution >= 0.6 is 34.8 Å². The van der Waals surface area contributed by atoms with Gasteiger partial charge < -0.3 is 10.2 Å². The molecule has 0 saturated carbocycles. The summed E-state index contributed by atoms with van der Waals surface area (Å²) in [5.74, 6) is -0.780. The molecule has 66 valence electrons. The van der Waals surface area contributed by atoms with Crippen molar-refractivity contribution in [3.05, 3.63) is 20.6 Å². The average Bonchev–Trinajstić information content (AvgIpc) is 2.08. The molecular weight excluding hydrogens is 222 g/mol. The number of halogens is 3. The predicted octanol–water partition coefficient (Wildman–Crippen LogP) is 3.37. The van der Waals surface area contributed by atoms with E-state index in [1.807, 2.05) is 0 Å². The quantitative estimate of drug-likeness (QED) is 0.527. The molecule has 0 aromatic heterocycles. The maximum absolute atomic E-state index is 9.21. The molecule has 0 bridgehead atoms. The molecule has 0 radical (unpaired) electrons. The molecule has 0 unspecified atom stereocenters. The average molecular weight is 227 g/mol. The van der Waals surface area contributed by atoms with E-state index in [4.69, 9.17) is 39.9 Å². The van der Waals surface area contributed by atoms with Crippen LogP contribution in [0, 0.1) is 6.92 Å². The smallest absolute Gasteiger partial charge is 0.178 e. The fourth-order valence-corrected chi connectivity index (χ4v) is 1.40. The van der Waals surface area contributed by atoms with Crippen LogP contribution in [-0.2, 0) is 0 Å². The van der Waals surface area contributed by atoms with Crippen LogP contribution in [0.2, 0.25) is 15.1 Å². The Morgan fingerprint density at radius 3 is 1.83 bits per heavy atom. The third-order valence-corrected chi connectivity index (χ3v) is 2.91. The molecule has 0 heterocycles. The molecule has 5 heteroatoms. The minimum atomic E-state index is -0.441. The molecule has 12 heavy (non-hydrogen) atoms. The summed E-state index contributed by atoms with van der Waals surface area (Å²) in [7, 11) is 0. The van der Waals surface area contributed by atoms with Gasteiger partial charge in [-0.25, -0.2) is 0 Å². The Labute approximate surface area is 84.3 Å². The van der Waals surface area contributed by atoms with Gasteiger partial charge in [0.2, 0.25) is 0 Å². The number of benzene rings is 1. The third kappa shape index (κ3) is 1.30. The van der Waals surface area contributed by atoms with Crippen LogP contribution in [0.25, 0.3) is 0 Å². The molecule has 0 fully saturated rings. The molecule has 1 rings (SSSR count). The standard InChI is InChI=1S/C7H5Cl3O2/c1-2-3(8)4(9)5(10)7(12)6(2)11/h11-12H,1H3. The molecule has 0 saturated heterocycles. The lowest BCUT2D eigenvalue weighted by Crippen LogP contribution is -1.82. The second-order valence-electron chi connectivity index (χ2n) is 2.26. The molecular formula is C7H5Cl3O2. The Hall–Kier alpha value is -0.310. The van der Waals surface area contributed by atoms with Crippen molar-refractivity contribution in [2.45, 2.75) is 6.92 Å². The van der Waals surface area contributed by atoms with E-state index in [2.05, 4.69) is 0 Å². The lowest BCUT2D eigenvalue weighted by atomic mass is 10.2. The minimum absolute atomic E-state index is 0.0473. The first-order valence-corrected chi connectivity index (χ1v) is 4.15. The maximum Gasteiger partial charge on any atom is 0.178 e. The van der Waals surface area contributed by atoms with Crippen molar-refractivity contribution in [3.63, 3.8) is 0 Å². The molecule has 2 N–H and O–H groups in total. The van der Waals surface area contributed by atoms with Crippen molar-refractivity contribution < 1.29 is 10.2 Å². The minimum Gasteiger partial charge on any atom is -0.504 e. The van der Waals surface area contributed by atoms with Gasteiger partial charge in [0.15, 0.2) is 11.5 Å². The zero-order valence-corrected chi connectivity index (χ0v) is 8.30. The highest BCUT2D eigenvalue weighted by atomic mass is 35.5. The summed E-state index contributed by atoms with van der Waals surface area (Å²) in [6, 6.07) is 0. The Balaban J connectivity index is 3.60. The third-order valence-electron chi connectivity index (χ3n) is 1.50. The summed E-state index contributed by atoms with van der Waals surface area (Å²) in [6.45, 7) is 1.53. The molecule has 0 atom stereocenters. The number of hydrogen-bond donors (Lipinski definition) is 2. The summed E-state index contributed by atoms with van der Waals surface area (Å²) in [6.07, 6.45) is 0. The number of aromatic hydroxyl groups is 2. The van der Waals surface area contributed by atoms with Gasteiger partial charge in [0.25, 0.3) is 0 Å². The fourth-order valence-electron chi connectivity index (χ4n) is 0.750. The van der Waals surface area contributed by atoms with Crippen LogP contribution in [0.1, 0.15) is 5.56 Å². The van der Waals surface area contributed by atoms with Crippen LogP contribution in [0.5, 0.6) is 11.5 Å². The van der Waals surface area contributed by atoms with Gasteiger partial charge in [0.1, 0.15) is 5.02 Å². The van der Waals surface area contributed by atoms with Gasteiger partial charge in [-0.15, -0.1) is 0 Å². The van der Waals surface area contributed by atoms with Crippen LogP contribution in [0.3, 0.4) is 0 Å². The first kappa shape index (κ1) is 9.78. The second kappa shape index (κ2) is 3.21. The summed E-state index contributed by atoms with van der Waals surface area (Å²) >= 11 is 16.8. The van der Waals surface area contributed by atoms with Crippen molar-refractivity contribution in [3.8, 4) is 11.5 Å². The van der Waals surface area contributed by atoms with E-state index in [-0.39, 0.29) is 20.8 Å². The molecule has 0 spiro atoms. The zero-order chi connectivity index (χ0) is 9.46. The summed E-state index contributed by atoms with van der Waals surface area (Å²) in [4.78, 5) is 0. The van der Waals surface area contributed by atoms with E-state index in [9.17, 15) is 5.11 Å². The SMILES string of the molecule is Cc1c(O)c(O)c(Cl)c(Cl)c1Cl. The van der Waals surface area contributed by atoms with Gasteiger partial charge in [-0.05, 0) is 6.92 Å². The highest BCUT2D eigenvalue weighted by Crippen LogP contribution is 2.45. The first-order chi connectivity index (χ1) is 5.46. The summed E-state index contributed by atoms with van der Waals surface area (Å²) in [5.41, 5.74) is 0.309. The highest BCUT2D eigenvalue weighted by molar-refractivity contribution is 6.49. The van der Waals surface area contributed by atoms with Gasteiger partial charge in [0.05, 0.1) is 10.0 Å². The van der Waals surface area contributed by atoms with E-state index >= 15 is 0 Å². The van der Waals surface area contributed by atoms with Crippen LogP contribution in [-0.4, -0.2) is 10.2 Å². The zero-order valence-electron chi connectivity index (χ0n) is 6.03. The molecule has 2 nitrogen and oxygen atoms in total. The number of hydrogen-bond acceptors (Lipinski definition) is 2. The molecule has 0 amide bonds. The van der Waals surface area contributed by atoms with E-state index < -0.39 is 5.75 Å². The van der Waals surface area contributed by atoms with Crippen molar-refractivity contribution >= 4 is 34.8 Å². The Morgan fingerprint density at radius 1 is 0.833 bits per heavy atom. The number of phenolic OH excluding ortho intramolecular Hbond substituents is 2. The van der Waals surface area contributed by atoms with E-state index in [1.165, 1.54) is 6.92 Å². The Bertz CT molecular complexity index is 231. The van der Waals surface area contributed by atoms with Gasteiger partial charge in [-0.1, -0.05) is 34.8 Å². The normalized spacial score (nSPS) is 10.3. The molecule has 1 aromatic rings. The monoisotopic (exact) mass is 226 g/mol. The molecule has 0 aliphatic carbocycles. The van der Waals surface area contributed by atoms with Crippen LogP contribution in [0.4, 0.5) is 0 Å². The lowest BCUT2D eigenvalue weighted by molar-refractivity contribution is 0.401. The molecule has 0 aliphatic heterocycles. The van der Waals surface area contributed by atoms with E-state index in [0.29, 0.717) is 5.56 Å². The van der Waals surface area contributed by atoms with Gasteiger partial charge in [0, 0.05) is 5.56 Å². The highest BCUT2D eigenvalue weighted by Gasteiger charge is 2.17. The van der Waals surface area contributed by atoms with Crippen molar-refractivity contribution in [2.24, 2.45) is 0 Å². The van der Waals surface area contributed by atoms with Gasteiger partial charge in [-0.2, -0.15) is 0 Å².